The van der Waals surface area contributed by atoms with Crippen LogP contribution in [-0.4, -0.2) is 91.0 Å². The topological polar surface area (TPSA) is 117 Å². The summed E-state index contributed by atoms with van der Waals surface area (Å²) in [6.45, 7) is 24.0. The molecule has 5 heterocycles. The third-order valence-corrected chi connectivity index (χ3v) is 28.0. The first-order chi connectivity index (χ1) is 61.5. The van der Waals surface area contributed by atoms with Gasteiger partial charge in [0.2, 0.25) is 0 Å². The summed E-state index contributed by atoms with van der Waals surface area (Å²) in [4.78, 5) is 11.4. The molecule has 0 aliphatic carbocycles. The van der Waals surface area contributed by atoms with Gasteiger partial charge in [0, 0.05) is 147 Å². The fourth-order valence-electron chi connectivity index (χ4n) is 15.2. The second kappa shape index (κ2) is 63.9. The van der Waals surface area contributed by atoms with Gasteiger partial charge >= 0.3 is 178 Å². The standard InChI is InChI=1S/C21H27FNOP.C19H23FNOP.2C18H21FNOP.C17H19FNOP.10ClH.5Ti/c1-21(2,3)16-8-7-9-19(20(16)24)25-18-11-10-15(22)14-17(18)23-12-5-4-6-13-23;1-13-10-14(2)19(22)18(11-13)23-17-7-6-15(20)12-16(17)21-8-4-3-5-9-21;1-13-5-7-16(21)18(11-13)22-17-8-6-14(19)12-15(17)20-9-3-2-4-10-20;1-13-6-5-7-17(18(13)21)22-16-9-8-14(19)12-15(16)20-10-3-2-4-11-20;18-13-8-9-16(21-17-7-3-2-6-15(17)20)14(12-13)19-10-4-1-5-11-19;;;;;;;;;;;;;;;/h7-11,14,24-25H,4-6,12-13H2,1-3H3;6-7,10-12,22-23H,3-5,8-9H2,1-2H3;5-8,11-12,21-22H,2-4,9-10H2,1H3;5-9,12,21-22H,2-4,10-11H2,1H3;2-3,6-9,12,20-21H,1,4-5,10-11H2;10*1H;;;;;/q;;;;;;;;;;;;;;;5*+2/p-10. The summed E-state index contributed by atoms with van der Waals surface area (Å²) in [6.07, 6.45) is 17.9. The first kappa shape index (κ1) is 115. The van der Waals surface area contributed by atoms with Crippen LogP contribution in [-0.2, 0) is 90.6 Å². The van der Waals surface area contributed by atoms with E-state index in [0.717, 1.165) is 239 Å². The molecule has 5 unspecified atom stereocenters. The molecule has 0 bridgehead atoms. The van der Waals surface area contributed by atoms with Crippen LogP contribution in [0.4, 0.5) is 50.4 Å². The maximum absolute atomic E-state index is 13.9. The Labute approximate surface area is 847 Å². The fourth-order valence-corrected chi connectivity index (χ4v) is 21.7. The van der Waals surface area contributed by atoms with Crippen molar-refractivity contribution in [2.45, 2.75) is 150 Å². The number of phenols is 5. The van der Waals surface area contributed by atoms with E-state index in [9.17, 15) is 47.5 Å². The van der Waals surface area contributed by atoms with Gasteiger partial charge in [-0.3, -0.25) is 0 Å². The van der Waals surface area contributed by atoms with Crippen molar-refractivity contribution in [3.63, 3.8) is 0 Å². The predicted octanol–water partition coefficient (Wildman–Crippen LogP) is 25.2. The Morgan fingerprint density at radius 3 is 0.852 bits per heavy atom. The number of hydrogen-bond acceptors (Lipinski definition) is 10. The number of piperidine rings is 5. The summed E-state index contributed by atoms with van der Waals surface area (Å²) in [6, 6.07) is 53.9. The molecule has 0 aromatic heterocycles. The van der Waals surface area contributed by atoms with E-state index in [1.165, 1.54) is 62.4 Å². The molecule has 0 amide bonds. The van der Waals surface area contributed by atoms with Gasteiger partial charge in [-0.1, -0.05) is 136 Å². The number of benzene rings is 10. The molecule has 5 atom stereocenters. The van der Waals surface area contributed by atoms with Gasteiger partial charge in [-0.25, -0.2) is 22.0 Å². The zero-order valence-electron chi connectivity index (χ0n) is 72.6. The van der Waals surface area contributed by atoms with Crippen molar-refractivity contribution >= 4 is 217 Å². The van der Waals surface area contributed by atoms with Gasteiger partial charge < -0.3 is 50.0 Å². The number of phenolic OH excluding ortho intramolecular Hbond substituents is 5. The van der Waals surface area contributed by atoms with E-state index >= 15 is 0 Å². The molecule has 10 nitrogen and oxygen atoms in total. The Morgan fingerprint density at radius 2 is 0.523 bits per heavy atom. The van der Waals surface area contributed by atoms with E-state index in [1.54, 1.807) is 42.5 Å². The van der Waals surface area contributed by atoms with E-state index in [0.29, 0.717) is 71.7 Å². The third-order valence-electron chi connectivity index (χ3n) is 21.2. The van der Waals surface area contributed by atoms with Crippen molar-refractivity contribution in [2.24, 2.45) is 0 Å². The van der Waals surface area contributed by atoms with Gasteiger partial charge in [-0.05, 0) is 267 Å². The van der Waals surface area contributed by atoms with Gasteiger partial charge in [0.15, 0.2) is 0 Å². The molecule has 5 saturated heterocycles. The zero-order valence-corrected chi connectivity index (χ0v) is 93.0. The quantitative estimate of drug-likeness (QED) is 0.0386. The molecular formula is C93H111Cl10F5N5O5P5Ti5. The minimum atomic E-state index is -0.556. The number of anilines is 5. The van der Waals surface area contributed by atoms with Gasteiger partial charge in [-0.2, -0.15) is 0 Å². The van der Waals surface area contributed by atoms with E-state index < -0.39 is 85.2 Å². The van der Waals surface area contributed by atoms with E-state index in [2.05, 4.69) is 45.3 Å². The average molecular weight is 2220 g/mol. The van der Waals surface area contributed by atoms with Crippen molar-refractivity contribution in [2.75, 3.05) is 89.9 Å². The summed E-state index contributed by atoms with van der Waals surface area (Å²) >= 11 is -2.78. The molecule has 10 aromatic rings. The predicted molar refractivity (Wildman–Crippen MR) is 537 cm³/mol. The second-order valence-electron chi connectivity index (χ2n) is 31.5. The molecule has 0 radical (unpaired) electrons. The average Bonchev–Trinajstić information content (AvgIpc) is 0.805. The number of hydrogen-bond donors (Lipinski definition) is 5. The Hall–Kier alpha value is -1.53. The van der Waals surface area contributed by atoms with E-state index in [4.69, 9.17) is 93.0 Å². The van der Waals surface area contributed by atoms with Crippen LogP contribution in [0.1, 0.15) is 145 Å². The number of halogens is 15. The summed E-state index contributed by atoms with van der Waals surface area (Å²) in [7, 11) is 50.5. The summed E-state index contributed by atoms with van der Waals surface area (Å²) < 4.78 is 68.7. The van der Waals surface area contributed by atoms with Crippen molar-refractivity contribution < 1.29 is 133 Å². The van der Waals surface area contributed by atoms with Crippen LogP contribution in [0.15, 0.2) is 182 Å². The number of para-hydroxylation sites is 3. The summed E-state index contributed by atoms with van der Waals surface area (Å²) in [5, 5.41) is 61.5. The molecular weight excluding hydrogens is 2110 g/mol. The molecule has 5 aliphatic rings. The van der Waals surface area contributed by atoms with E-state index in [-0.39, 0.29) is 34.5 Å². The SMILES string of the molecule is CC(C)(C)c1cccc(Pc2ccc(F)cc2N2CCCCC2)c1O.Cc1cc(C)c(O)c(Pc2ccc(F)cc2N2CCCCC2)c1.Cc1ccc(O)c(Pc2ccc(F)cc2N2CCCCC2)c1.Cc1cccc(Pc2ccc(F)cc2N2CCCCC2)c1O.Oc1ccccc1Pc1ccc(F)cc1N1CCCCC1.[Cl][Ti][Cl].[Cl][Ti][Cl].[Cl][Ti][Cl].[Cl][Ti][Cl].[Cl][Ti][Cl]. The van der Waals surface area contributed by atoms with E-state index in [1.807, 2.05) is 137 Å². The van der Waals surface area contributed by atoms with Crippen molar-refractivity contribution in [1.82, 2.24) is 0 Å². The van der Waals surface area contributed by atoms with Crippen LogP contribution >= 0.6 is 136 Å². The minimum absolute atomic E-state index is 0.108. The summed E-state index contributed by atoms with van der Waals surface area (Å²) in [5.74, 6) is 0.764. The Balaban J connectivity index is 0.000000237. The molecule has 15 rings (SSSR count). The maximum atomic E-state index is 13.9. The number of rotatable bonds is 15. The zero-order chi connectivity index (χ0) is 93.7. The molecule has 10 aromatic carbocycles. The molecule has 5 fully saturated rings. The molecule has 5 aliphatic heterocycles. The molecule has 0 saturated carbocycles. The monoisotopic (exact) mass is 2220 g/mol. The van der Waals surface area contributed by atoms with Crippen molar-refractivity contribution in [3.05, 3.63) is 239 Å². The Morgan fingerprint density at radius 1 is 0.258 bits per heavy atom. The van der Waals surface area contributed by atoms with Gasteiger partial charge in [0.05, 0.1) is 0 Å². The number of aromatic hydroxyl groups is 5. The summed E-state index contributed by atoms with van der Waals surface area (Å²) in [5.41, 5.74) is 9.82. The molecule has 35 heteroatoms. The molecule has 5 N–H and O–H groups in total. The first-order valence-corrected chi connectivity index (χ1v) is 68.4. The number of aryl methyl sites for hydroxylation is 4. The van der Waals surface area contributed by atoms with Crippen LogP contribution < -0.4 is 77.5 Å². The van der Waals surface area contributed by atoms with Crippen LogP contribution in [0, 0.1) is 56.8 Å². The third kappa shape index (κ3) is 40.1. The van der Waals surface area contributed by atoms with Crippen LogP contribution in [0.3, 0.4) is 0 Å². The van der Waals surface area contributed by atoms with Crippen molar-refractivity contribution in [1.29, 1.82) is 0 Å². The second-order valence-corrected chi connectivity index (χ2v) is 51.0. The van der Waals surface area contributed by atoms with Crippen LogP contribution in [0.5, 0.6) is 28.7 Å². The molecule has 128 heavy (non-hydrogen) atoms. The number of nitrogens with zero attached hydrogens (tertiary/aromatic N) is 5. The molecule has 0 spiro atoms. The Bertz CT molecular complexity index is 4900. The van der Waals surface area contributed by atoms with Gasteiger partial charge in [-0.15, -0.1) is 0 Å². The van der Waals surface area contributed by atoms with Crippen LogP contribution in [0.25, 0.3) is 0 Å². The fraction of sp³-hybridized carbons (Fsp3) is 0.355. The van der Waals surface area contributed by atoms with Gasteiger partial charge in [0.25, 0.3) is 0 Å². The van der Waals surface area contributed by atoms with Gasteiger partial charge in [0.1, 0.15) is 57.8 Å². The Kier molecular flexibility index (Phi) is 57.5. The van der Waals surface area contributed by atoms with Crippen molar-refractivity contribution in [3.8, 4) is 28.7 Å². The van der Waals surface area contributed by atoms with Crippen LogP contribution in [0.2, 0.25) is 0 Å². The normalized spacial score (nSPS) is 14.4. The molecule has 688 valence electrons. The first-order valence-electron chi connectivity index (χ1n) is 41.9.